The molecule has 1 aromatic carbocycles. The number of halogens is 2. The van der Waals surface area contributed by atoms with E-state index in [1.54, 1.807) is 12.1 Å². The molecule has 2 nitrogen and oxygen atoms in total. The minimum absolute atomic E-state index is 0.362. The van der Waals surface area contributed by atoms with Crippen molar-refractivity contribution in [2.45, 2.75) is 12.3 Å². The van der Waals surface area contributed by atoms with Crippen molar-refractivity contribution in [3.8, 4) is 10.4 Å². The number of alkyl halides is 2. The first-order valence-electron chi connectivity index (χ1n) is 5.24. The van der Waals surface area contributed by atoms with E-state index in [9.17, 15) is 13.6 Å². The molecule has 0 saturated heterocycles. The van der Waals surface area contributed by atoms with Gasteiger partial charge in [0.2, 0.25) is 0 Å². The molecule has 0 aliphatic heterocycles. The van der Waals surface area contributed by atoms with Gasteiger partial charge in [-0.15, -0.1) is 11.3 Å². The molecular formula is C13H10F2O2S. The van der Waals surface area contributed by atoms with Gasteiger partial charge in [0.25, 0.3) is 0 Å². The SMILES string of the molecule is O=C(O)C(F)(F)Cc1ccc(-c2ccccc2)s1. The molecule has 0 fully saturated rings. The topological polar surface area (TPSA) is 37.3 Å². The molecule has 1 N–H and O–H groups in total. The van der Waals surface area contributed by atoms with Crippen LogP contribution in [0.15, 0.2) is 42.5 Å². The third-order valence-electron chi connectivity index (χ3n) is 2.43. The Morgan fingerprint density at radius 1 is 1.17 bits per heavy atom. The number of hydrogen-bond acceptors (Lipinski definition) is 2. The van der Waals surface area contributed by atoms with Crippen molar-refractivity contribution in [3.63, 3.8) is 0 Å². The van der Waals surface area contributed by atoms with E-state index in [1.807, 2.05) is 30.3 Å². The van der Waals surface area contributed by atoms with Crippen LogP contribution < -0.4 is 0 Å². The number of carbonyl (C=O) groups is 1. The quantitative estimate of drug-likeness (QED) is 0.918. The minimum atomic E-state index is -3.71. The lowest BCUT2D eigenvalue weighted by Gasteiger charge is -2.08. The summed E-state index contributed by atoms with van der Waals surface area (Å²) in [4.78, 5) is 11.6. The highest BCUT2D eigenvalue weighted by Gasteiger charge is 2.39. The Morgan fingerprint density at radius 3 is 2.44 bits per heavy atom. The van der Waals surface area contributed by atoms with Crippen LogP contribution in [0.5, 0.6) is 0 Å². The van der Waals surface area contributed by atoms with Crippen LogP contribution >= 0.6 is 11.3 Å². The zero-order valence-corrected chi connectivity index (χ0v) is 10.1. The number of hydrogen-bond donors (Lipinski definition) is 1. The Hall–Kier alpha value is -1.75. The summed E-state index contributed by atoms with van der Waals surface area (Å²) in [6.45, 7) is 0. The van der Waals surface area contributed by atoms with E-state index >= 15 is 0 Å². The maximum Gasteiger partial charge on any atom is 0.374 e. The number of thiophene rings is 1. The summed E-state index contributed by atoms with van der Waals surface area (Å²) < 4.78 is 26.1. The monoisotopic (exact) mass is 268 g/mol. The molecule has 0 bridgehead atoms. The van der Waals surface area contributed by atoms with Crippen molar-refractivity contribution in [2.24, 2.45) is 0 Å². The number of aliphatic carboxylic acids is 1. The van der Waals surface area contributed by atoms with Gasteiger partial charge in [-0.2, -0.15) is 8.78 Å². The molecule has 0 aliphatic carbocycles. The van der Waals surface area contributed by atoms with Crippen LogP contribution in [-0.4, -0.2) is 17.0 Å². The van der Waals surface area contributed by atoms with Gasteiger partial charge in [0, 0.05) is 9.75 Å². The van der Waals surface area contributed by atoms with Crippen molar-refractivity contribution < 1.29 is 18.7 Å². The van der Waals surface area contributed by atoms with E-state index in [2.05, 4.69) is 0 Å². The van der Waals surface area contributed by atoms with Crippen molar-refractivity contribution >= 4 is 17.3 Å². The first kappa shape index (κ1) is 12.7. The molecular weight excluding hydrogens is 258 g/mol. The average molecular weight is 268 g/mol. The Morgan fingerprint density at radius 2 is 1.83 bits per heavy atom. The normalized spacial score (nSPS) is 11.4. The Balaban J connectivity index is 2.19. The summed E-state index contributed by atoms with van der Waals surface area (Å²) in [6.07, 6.45) is -0.764. The molecule has 0 atom stereocenters. The Bertz CT molecular complexity index is 549. The highest BCUT2D eigenvalue weighted by molar-refractivity contribution is 7.15. The molecule has 0 aliphatic rings. The summed E-state index contributed by atoms with van der Waals surface area (Å²) in [5, 5.41) is 8.38. The van der Waals surface area contributed by atoms with E-state index in [0.29, 0.717) is 4.88 Å². The van der Waals surface area contributed by atoms with E-state index < -0.39 is 18.3 Å². The summed E-state index contributed by atoms with van der Waals surface area (Å²) in [6, 6.07) is 12.6. The molecule has 94 valence electrons. The van der Waals surface area contributed by atoms with Gasteiger partial charge in [0.1, 0.15) is 0 Å². The Kier molecular flexibility index (Phi) is 3.43. The fourth-order valence-electron chi connectivity index (χ4n) is 1.52. The van der Waals surface area contributed by atoms with Crippen LogP contribution in [0.25, 0.3) is 10.4 Å². The highest BCUT2D eigenvalue weighted by Crippen LogP contribution is 2.31. The van der Waals surface area contributed by atoms with Gasteiger partial charge >= 0.3 is 11.9 Å². The second-order valence-corrected chi connectivity index (χ2v) is 4.99. The Labute approximate surface area is 107 Å². The summed E-state index contributed by atoms with van der Waals surface area (Å²) in [5.74, 6) is -5.80. The number of carboxylic acids is 1. The number of rotatable bonds is 4. The van der Waals surface area contributed by atoms with E-state index in [4.69, 9.17) is 5.11 Å². The van der Waals surface area contributed by atoms with Gasteiger partial charge in [-0.3, -0.25) is 0 Å². The fraction of sp³-hybridized carbons (Fsp3) is 0.154. The zero-order chi connectivity index (χ0) is 13.2. The average Bonchev–Trinajstić information content (AvgIpc) is 2.78. The second kappa shape index (κ2) is 4.86. The number of carboxylic acid groups (broad SMARTS) is 1. The molecule has 0 amide bonds. The van der Waals surface area contributed by atoms with Crippen molar-refractivity contribution in [2.75, 3.05) is 0 Å². The number of benzene rings is 1. The largest absolute Gasteiger partial charge is 0.477 e. The van der Waals surface area contributed by atoms with Crippen LogP contribution in [-0.2, 0) is 11.2 Å². The standard InChI is InChI=1S/C13H10F2O2S/c14-13(15,12(16)17)8-10-6-7-11(18-10)9-4-2-1-3-5-9/h1-7H,8H2,(H,16,17). The van der Waals surface area contributed by atoms with Crippen molar-refractivity contribution in [1.29, 1.82) is 0 Å². The minimum Gasteiger partial charge on any atom is -0.477 e. The van der Waals surface area contributed by atoms with Crippen LogP contribution in [0.4, 0.5) is 8.78 Å². The van der Waals surface area contributed by atoms with Gasteiger partial charge in [-0.05, 0) is 17.7 Å². The lowest BCUT2D eigenvalue weighted by Crippen LogP contribution is -2.30. The molecule has 2 aromatic rings. The molecule has 2 rings (SSSR count). The molecule has 5 heteroatoms. The summed E-state index contributed by atoms with van der Waals surface area (Å²) in [7, 11) is 0. The maximum absolute atomic E-state index is 13.1. The summed E-state index contributed by atoms with van der Waals surface area (Å²) >= 11 is 1.19. The van der Waals surface area contributed by atoms with Gasteiger partial charge < -0.3 is 5.11 Å². The van der Waals surface area contributed by atoms with Crippen LogP contribution in [0, 0.1) is 0 Å². The first-order valence-corrected chi connectivity index (χ1v) is 6.06. The second-order valence-electron chi connectivity index (χ2n) is 3.82. The lowest BCUT2D eigenvalue weighted by atomic mass is 10.2. The van der Waals surface area contributed by atoms with Crippen LogP contribution in [0.1, 0.15) is 4.88 Å². The fourth-order valence-corrected chi connectivity index (χ4v) is 2.59. The molecule has 1 heterocycles. The third-order valence-corrected chi connectivity index (χ3v) is 3.56. The van der Waals surface area contributed by atoms with E-state index in [1.165, 1.54) is 11.3 Å². The van der Waals surface area contributed by atoms with E-state index in [-0.39, 0.29) is 0 Å². The molecule has 0 saturated carbocycles. The molecule has 18 heavy (non-hydrogen) atoms. The van der Waals surface area contributed by atoms with E-state index in [0.717, 1.165) is 10.4 Å². The molecule has 1 aromatic heterocycles. The van der Waals surface area contributed by atoms with Gasteiger partial charge in [-0.25, -0.2) is 4.79 Å². The smallest absolute Gasteiger partial charge is 0.374 e. The van der Waals surface area contributed by atoms with Gasteiger partial charge in [0.15, 0.2) is 0 Å². The van der Waals surface area contributed by atoms with Gasteiger partial charge in [-0.1, -0.05) is 30.3 Å². The van der Waals surface area contributed by atoms with Gasteiger partial charge in [0.05, 0.1) is 6.42 Å². The lowest BCUT2D eigenvalue weighted by molar-refractivity contribution is -0.164. The highest BCUT2D eigenvalue weighted by atomic mass is 32.1. The third kappa shape index (κ3) is 2.73. The first-order chi connectivity index (χ1) is 8.49. The maximum atomic E-state index is 13.1. The predicted octanol–water partition coefficient (Wildman–Crippen LogP) is 3.68. The van der Waals surface area contributed by atoms with Crippen molar-refractivity contribution in [1.82, 2.24) is 0 Å². The van der Waals surface area contributed by atoms with Crippen LogP contribution in [0.2, 0.25) is 0 Å². The molecule has 0 spiro atoms. The van der Waals surface area contributed by atoms with Crippen LogP contribution in [0.3, 0.4) is 0 Å². The summed E-state index contributed by atoms with van der Waals surface area (Å²) in [5.41, 5.74) is 0.937. The predicted molar refractivity (Wildman–Crippen MR) is 66.0 cm³/mol. The zero-order valence-electron chi connectivity index (χ0n) is 9.27. The molecule has 0 radical (unpaired) electrons. The van der Waals surface area contributed by atoms with Crippen molar-refractivity contribution in [3.05, 3.63) is 47.3 Å². The molecule has 0 unspecified atom stereocenters.